The second-order valence-electron chi connectivity index (χ2n) is 5.85. The van der Waals surface area contributed by atoms with E-state index in [1.807, 2.05) is 20.8 Å². The highest BCUT2D eigenvalue weighted by molar-refractivity contribution is 5.76. The minimum Gasteiger partial charge on any atom is -0.459 e. The smallest absolute Gasteiger partial charge is 0.323 e. The van der Waals surface area contributed by atoms with Gasteiger partial charge in [-0.3, -0.25) is 4.79 Å². The van der Waals surface area contributed by atoms with Crippen molar-refractivity contribution >= 4 is 5.97 Å². The monoisotopic (exact) mass is 226 g/mol. The predicted molar refractivity (Wildman–Crippen MR) is 62.2 cm³/mol. The van der Waals surface area contributed by atoms with Gasteiger partial charge in [0.15, 0.2) is 0 Å². The van der Waals surface area contributed by atoms with Crippen LogP contribution < -0.4 is 10.6 Å². The summed E-state index contributed by atoms with van der Waals surface area (Å²) < 4.78 is 5.40. The molecule has 0 aromatic carbocycles. The second kappa shape index (κ2) is 4.34. The molecule has 2 aliphatic heterocycles. The molecule has 2 aliphatic rings. The van der Waals surface area contributed by atoms with Gasteiger partial charge in [-0.25, -0.2) is 0 Å². The maximum absolute atomic E-state index is 11.9. The maximum Gasteiger partial charge on any atom is 0.323 e. The first-order chi connectivity index (χ1) is 7.46. The lowest BCUT2D eigenvalue weighted by Crippen LogP contribution is -2.52. The number of piperidine rings is 1. The average molecular weight is 226 g/mol. The molecule has 0 aliphatic carbocycles. The number of hydrogen-bond acceptors (Lipinski definition) is 4. The van der Waals surface area contributed by atoms with Gasteiger partial charge in [0, 0.05) is 12.6 Å². The van der Waals surface area contributed by atoms with E-state index in [1.54, 1.807) is 0 Å². The molecule has 4 heteroatoms. The zero-order valence-electron chi connectivity index (χ0n) is 10.4. The van der Waals surface area contributed by atoms with Crippen LogP contribution in [0.4, 0.5) is 0 Å². The van der Waals surface area contributed by atoms with Crippen molar-refractivity contribution in [1.82, 2.24) is 10.6 Å². The second-order valence-corrected chi connectivity index (χ2v) is 5.85. The standard InChI is InChI=1S/C12H22N2O2/c1-12(2,3)16-11(15)9-5-4-8-6-13-7-10(8)14-9/h8-10,13-14H,4-7H2,1-3H3/t8-,9?,10+/m1/s1. The highest BCUT2D eigenvalue weighted by Crippen LogP contribution is 2.24. The van der Waals surface area contributed by atoms with Gasteiger partial charge in [0.2, 0.25) is 0 Å². The highest BCUT2D eigenvalue weighted by atomic mass is 16.6. The highest BCUT2D eigenvalue weighted by Gasteiger charge is 2.37. The molecule has 0 aromatic rings. The number of fused-ring (bicyclic) bond motifs is 1. The van der Waals surface area contributed by atoms with Crippen molar-refractivity contribution in [3.05, 3.63) is 0 Å². The van der Waals surface area contributed by atoms with Crippen LogP contribution in [-0.4, -0.2) is 36.7 Å². The van der Waals surface area contributed by atoms with E-state index in [9.17, 15) is 4.79 Å². The maximum atomic E-state index is 11.9. The molecule has 2 N–H and O–H groups in total. The van der Waals surface area contributed by atoms with E-state index in [-0.39, 0.29) is 17.6 Å². The molecule has 4 nitrogen and oxygen atoms in total. The van der Waals surface area contributed by atoms with Crippen LogP contribution in [0.3, 0.4) is 0 Å². The topological polar surface area (TPSA) is 50.4 Å². The van der Waals surface area contributed by atoms with Crippen molar-refractivity contribution in [1.29, 1.82) is 0 Å². The summed E-state index contributed by atoms with van der Waals surface area (Å²) in [5, 5.41) is 6.76. The molecule has 0 amide bonds. The average Bonchev–Trinajstić information content (AvgIpc) is 2.61. The van der Waals surface area contributed by atoms with E-state index < -0.39 is 0 Å². The predicted octanol–water partition coefficient (Wildman–Crippen LogP) is 0.668. The molecule has 3 atom stereocenters. The number of ether oxygens (including phenoxy) is 1. The Morgan fingerprint density at radius 3 is 2.69 bits per heavy atom. The first-order valence-electron chi connectivity index (χ1n) is 6.15. The number of nitrogens with one attached hydrogen (secondary N) is 2. The molecule has 2 saturated heterocycles. The Bertz CT molecular complexity index is 273. The number of hydrogen-bond donors (Lipinski definition) is 2. The fourth-order valence-electron chi connectivity index (χ4n) is 2.51. The van der Waals surface area contributed by atoms with Crippen LogP contribution in [0.5, 0.6) is 0 Å². The van der Waals surface area contributed by atoms with Gasteiger partial charge in [-0.05, 0) is 46.1 Å². The van der Waals surface area contributed by atoms with E-state index >= 15 is 0 Å². The first kappa shape index (κ1) is 11.9. The van der Waals surface area contributed by atoms with Crippen molar-refractivity contribution in [2.75, 3.05) is 13.1 Å². The molecule has 92 valence electrons. The Balaban J connectivity index is 1.89. The third-order valence-corrected chi connectivity index (χ3v) is 3.27. The number of carbonyl (C=O) groups excluding carboxylic acids is 1. The van der Waals surface area contributed by atoms with Crippen molar-refractivity contribution in [3.8, 4) is 0 Å². The van der Waals surface area contributed by atoms with Gasteiger partial charge >= 0.3 is 5.97 Å². The first-order valence-corrected chi connectivity index (χ1v) is 6.15. The van der Waals surface area contributed by atoms with E-state index in [0.717, 1.165) is 25.9 Å². The van der Waals surface area contributed by atoms with Crippen molar-refractivity contribution < 1.29 is 9.53 Å². The molecule has 2 fully saturated rings. The summed E-state index contributed by atoms with van der Waals surface area (Å²) in [5.74, 6) is 0.594. The third kappa shape index (κ3) is 2.74. The van der Waals surface area contributed by atoms with E-state index in [1.165, 1.54) is 0 Å². The number of esters is 1. The van der Waals surface area contributed by atoms with Crippen molar-refractivity contribution in [2.45, 2.75) is 51.3 Å². The van der Waals surface area contributed by atoms with Crippen LogP contribution in [0, 0.1) is 5.92 Å². The van der Waals surface area contributed by atoms with Crippen LogP contribution in [0.25, 0.3) is 0 Å². The van der Waals surface area contributed by atoms with E-state index in [2.05, 4.69) is 10.6 Å². The fourth-order valence-corrected chi connectivity index (χ4v) is 2.51. The molecule has 0 radical (unpaired) electrons. The molecule has 0 saturated carbocycles. The summed E-state index contributed by atoms with van der Waals surface area (Å²) >= 11 is 0. The quantitative estimate of drug-likeness (QED) is 0.645. The molecule has 2 heterocycles. The summed E-state index contributed by atoms with van der Waals surface area (Å²) in [6.45, 7) is 7.79. The van der Waals surface area contributed by atoms with E-state index in [0.29, 0.717) is 12.0 Å². The normalized spacial score (nSPS) is 34.6. The van der Waals surface area contributed by atoms with Gasteiger partial charge < -0.3 is 15.4 Å². The van der Waals surface area contributed by atoms with Crippen molar-refractivity contribution in [2.24, 2.45) is 5.92 Å². The fraction of sp³-hybridized carbons (Fsp3) is 0.917. The molecule has 0 spiro atoms. The molecular formula is C12H22N2O2. The summed E-state index contributed by atoms with van der Waals surface area (Å²) in [4.78, 5) is 11.9. The van der Waals surface area contributed by atoms with Crippen LogP contribution in [0.2, 0.25) is 0 Å². The van der Waals surface area contributed by atoms with Crippen LogP contribution in [0.1, 0.15) is 33.6 Å². The molecule has 1 unspecified atom stereocenters. The lowest BCUT2D eigenvalue weighted by molar-refractivity contribution is -0.158. The Morgan fingerprint density at radius 1 is 1.25 bits per heavy atom. The Morgan fingerprint density at radius 2 is 2.00 bits per heavy atom. The molecule has 16 heavy (non-hydrogen) atoms. The summed E-state index contributed by atoms with van der Waals surface area (Å²) in [6.07, 6.45) is 2.02. The summed E-state index contributed by atoms with van der Waals surface area (Å²) in [5.41, 5.74) is -0.385. The number of rotatable bonds is 1. The van der Waals surface area contributed by atoms with Gasteiger partial charge in [-0.15, -0.1) is 0 Å². The molecular weight excluding hydrogens is 204 g/mol. The largest absolute Gasteiger partial charge is 0.459 e. The molecule has 2 rings (SSSR count). The van der Waals surface area contributed by atoms with Crippen LogP contribution >= 0.6 is 0 Å². The Labute approximate surface area is 97.1 Å². The van der Waals surface area contributed by atoms with Crippen molar-refractivity contribution in [3.63, 3.8) is 0 Å². The number of carbonyl (C=O) groups is 1. The summed E-state index contributed by atoms with van der Waals surface area (Å²) in [6, 6.07) is 0.339. The summed E-state index contributed by atoms with van der Waals surface area (Å²) in [7, 11) is 0. The van der Waals surface area contributed by atoms with Gasteiger partial charge in [-0.1, -0.05) is 0 Å². The van der Waals surface area contributed by atoms with Gasteiger partial charge in [-0.2, -0.15) is 0 Å². The van der Waals surface area contributed by atoms with Gasteiger partial charge in [0.05, 0.1) is 0 Å². The third-order valence-electron chi connectivity index (χ3n) is 3.27. The minimum atomic E-state index is -0.385. The van der Waals surface area contributed by atoms with Gasteiger partial charge in [0.25, 0.3) is 0 Å². The zero-order valence-corrected chi connectivity index (χ0v) is 10.4. The SMILES string of the molecule is CC(C)(C)OC(=O)C1CC[C@@H]2CNC[C@@H]2N1. The lowest BCUT2D eigenvalue weighted by Gasteiger charge is -2.33. The lowest BCUT2D eigenvalue weighted by atomic mass is 9.90. The molecule has 0 aromatic heterocycles. The van der Waals surface area contributed by atoms with Crippen LogP contribution in [-0.2, 0) is 9.53 Å². The Kier molecular flexibility index (Phi) is 3.22. The van der Waals surface area contributed by atoms with Crippen LogP contribution in [0.15, 0.2) is 0 Å². The van der Waals surface area contributed by atoms with Gasteiger partial charge in [0.1, 0.15) is 11.6 Å². The minimum absolute atomic E-state index is 0.0992. The van der Waals surface area contributed by atoms with E-state index in [4.69, 9.17) is 4.74 Å². The zero-order chi connectivity index (χ0) is 11.8. The molecule has 0 bridgehead atoms. The Hall–Kier alpha value is -0.610.